The quantitative estimate of drug-likeness (QED) is 0.574. The van der Waals surface area contributed by atoms with E-state index in [-0.39, 0.29) is 0 Å². The van der Waals surface area contributed by atoms with Crippen molar-refractivity contribution in [1.82, 2.24) is 9.47 Å². The Bertz CT molecular complexity index is 514. The number of carboxylic acid groups (broad SMARTS) is 1. The number of nitrogens with zero attached hydrogens (tertiary/aromatic N) is 2. The standard InChI is InChI=1S/C12H12N2O2/c1-7-8(2)14(7)10-4-3-5-13-9(10)6-11(14)12(15)16/h3-8H,1-2H3/p+1/t7-,8?,14?/m0/s1. The van der Waals surface area contributed by atoms with Crippen molar-refractivity contribution in [2.75, 3.05) is 0 Å². The highest BCUT2D eigenvalue weighted by Gasteiger charge is 2.69. The topological polar surface area (TPSA) is 50.2 Å². The van der Waals surface area contributed by atoms with Gasteiger partial charge in [-0.25, -0.2) is 9.28 Å². The zero-order valence-corrected chi connectivity index (χ0v) is 9.21. The minimum atomic E-state index is -0.839. The lowest BCUT2D eigenvalue weighted by Crippen LogP contribution is -2.31. The number of fused-ring (bicyclic) bond motifs is 2. The Hall–Kier alpha value is -1.68. The van der Waals surface area contributed by atoms with Crippen LogP contribution in [0.1, 0.15) is 19.5 Å². The summed E-state index contributed by atoms with van der Waals surface area (Å²) >= 11 is 0. The molecule has 0 saturated carbocycles. The summed E-state index contributed by atoms with van der Waals surface area (Å²) in [6.07, 6.45) is 3.41. The second kappa shape index (κ2) is 2.71. The highest BCUT2D eigenvalue weighted by Crippen LogP contribution is 2.54. The van der Waals surface area contributed by atoms with Crippen molar-refractivity contribution in [3.05, 3.63) is 29.7 Å². The van der Waals surface area contributed by atoms with E-state index in [1.165, 1.54) is 0 Å². The molecule has 3 rings (SSSR count). The number of rotatable bonds is 1. The number of quaternary nitrogens is 1. The third-order valence-electron chi connectivity index (χ3n) is 4.00. The van der Waals surface area contributed by atoms with Gasteiger partial charge in [-0.15, -0.1) is 0 Å². The van der Waals surface area contributed by atoms with Gasteiger partial charge in [0.2, 0.25) is 5.70 Å². The monoisotopic (exact) mass is 217 g/mol. The number of pyridine rings is 1. The third-order valence-corrected chi connectivity index (χ3v) is 4.00. The molecule has 0 aliphatic carbocycles. The number of aliphatic carboxylic acids is 1. The normalized spacial score (nSPS) is 34.8. The van der Waals surface area contributed by atoms with Crippen LogP contribution in [-0.4, -0.2) is 28.1 Å². The van der Waals surface area contributed by atoms with Crippen molar-refractivity contribution in [3.8, 4) is 0 Å². The second-order valence-corrected chi connectivity index (χ2v) is 4.50. The molecule has 1 aromatic heterocycles. The zero-order valence-electron chi connectivity index (χ0n) is 9.21. The van der Waals surface area contributed by atoms with Gasteiger partial charge in [0, 0.05) is 18.3 Å². The predicted octanol–water partition coefficient (Wildman–Crippen LogP) is 1.62. The fourth-order valence-electron chi connectivity index (χ4n) is 2.98. The van der Waals surface area contributed by atoms with Crippen molar-refractivity contribution in [1.29, 1.82) is 0 Å². The van der Waals surface area contributed by atoms with Gasteiger partial charge < -0.3 is 5.11 Å². The Balaban J connectivity index is 2.23. The molecule has 16 heavy (non-hydrogen) atoms. The number of carboxylic acids is 1. The molecule has 3 heterocycles. The summed E-state index contributed by atoms with van der Waals surface area (Å²) in [5.41, 5.74) is 2.28. The van der Waals surface area contributed by atoms with Gasteiger partial charge in [0.15, 0.2) is 5.69 Å². The van der Waals surface area contributed by atoms with Crippen LogP contribution in [-0.2, 0) is 4.79 Å². The van der Waals surface area contributed by atoms with Crippen LogP contribution >= 0.6 is 0 Å². The van der Waals surface area contributed by atoms with E-state index in [1.54, 1.807) is 12.3 Å². The Morgan fingerprint density at radius 2 is 2.12 bits per heavy atom. The van der Waals surface area contributed by atoms with E-state index in [9.17, 15) is 9.90 Å². The van der Waals surface area contributed by atoms with Crippen LogP contribution in [0.3, 0.4) is 0 Å². The average molecular weight is 217 g/mol. The van der Waals surface area contributed by atoms with E-state index in [4.69, 9.17) is 0 Å². The van der Waals surface area contributed by atoms with Crippen molar-refractivity contribution in [2.45, 2.75) is 25.9 Å². The maximum absolute atomic E-state index is 11.3. The van der Waals surface area contributed by atoms with E-state index < -0.39 is 5.97 Å². The minimum Gasteiger partial charge on any atom is -0.474 e. The lowest BCUT2D eigenvalue weighted by molar-refractivity contribution is -0.133. The van der Waals surface area contributed by atoms with Gasteiger partial charge in [0.25, 0.3) is 0 Å². The van der Waals surface area contributed by atoms with Crippen LogP contribution in [0.4, 0.5) is 5.69 Å². The molecule has 2 unspecified atom stereocenters. The first-order valence-corrected chi connectivity index (χ1v) is 5.39. The molecular formula is C12H13N2O2+. The van der Waals surface area contributed by atoms with Crippen LogP contribution in [0.2, 0.25) is 0 Å². The molecular weight excluding hydrogens is 204 g/mol. The molecule has 1 aromatic rings. The van der Waals surface area contributed by atoms with Crippen LogP contribution < -0.4 is 4.48 Å². The second-order valence-electron chi connectivity index (χ2n) is 4.50. The van der Waals surface area contributed by atoms with Crippen molar-refractivity contribution >= 4 is 17.7 Å². The summed E-state index contributed by atoms with van der Waals surface area (Å²) in [6.45, 7) is 4.17. The third kappa shape index (κ3) is 0.841. The summed E-state index contributed by atoms with van der Waals surface area (Å²) in [4.78, 5) is 15.5. The lowest BCUT2D eigenvalue weighted by Gasteiger charge is -2.15. The summed E-state index contributed by atoms with van der Waals surface area (Å²) in [5, 5.41) is 9.28. The molecule has 1 fully saturated rings. The summed E-state index contributed by atoms with van der Waals surface area (Å²) in [6, 6.07) is 4.50. The van der Waals surface area contributed by atoms with E-state index >= 15 is 0 Å². The Morgan fingerprint density at radius 3 is 2.69 bits per heavy atom. The molecule has 0 aromatic carbocycles. The number of hydrogen-bond acceptors (Lipinski definition) is 2. The smallest absolute Gasteiger partial charge is 0.390 e. The molecule has 0 amide bonds. The fraction of sp³-hybridized carbons (Fsp3) is 0.333. The largest absolute Gasteiger partial charge is 0.474 e. The fourth-order valence-corrected chi connectivity index (χ4v) is 2.98. The van der Waals surface area contributed by atoms with Gasteiger partial charge in [-0.3, -0.25) is 4.98 Å². The Kier molecular flexibility index (Phi) is 1.61. The molecule has 4 nitrogen and oxygen atoms in total. The maximum atomic E-state index is 11.3. The first-order valence-electron chi connectivity index (χ1n) is 5.39. The van der Waals surface area contributed by atoms with E-state index in [2.05, 4.69) is 18.8 Å². The van der Waals surface area contributed by atoms with Crippen LogP contribution in [0.15, 0.2) is 24.0 Å². The molecule has 1 spiro atoms. The van der Waals surface area contributed by atoms with Gasteiger partial charge in [-0.2, -0.15) is 0 Å². The van der Waals surface area contributed by atoms with E-state index in [0.717, 1.165) is 11.4 Å². The minimum absolute atomic E-state index is 0.327. The highest BCUT2D eigenvalue weighted by atomic mass is 16.4. The lowest BCUT2D eigenvalue weighted by atomic mass is 10.3. The zero-order chi connectivity index (χ0) is 11.5. The van der Waals surface area contributed by atoms with Crippen molar-refractivity contribution in [2.24, 2.45) is 0 Å². The molecule has 0 bridgehead atoms. The maximum Gasteiger partial charge on any atom is 0.390 e. The molecule has 2 aliphatic rings. The SMILES string of the molecule is CC1[C@H](C)[N+]12C(C(=O)O)=Cc1ncccc12. The molecule has 82 valence electrons. The molecule has 1 saturated heterocycles. The number of aromatic nitrogens is 1. The van der Waals surface area contributed by atoms with Crippen molar-refractivity contribution < 1.29 is 9.90 Å². The molecule has 3 atom stereocenters. The highest BCUT2D eigenvalue weighted by molar-refractivity contribution is 6.00. The van der Waals surface area contributed by atoms with Gasteiger partial charge in [-0.1, -0.05) is 0 Å². The van der Waals surface area contributed by atoms with Crippen molar-refractivity contribution in [3.63, 3.8) is 0 Å². The number of hydrogen-bond donors (Lipinski definition) is 1. The molecule has 4 heteroatoms. The molecule has 1 N–H and O–H groups in total. The summed E-state index contributed by atoms with van der Waals surface area (Å²) in [7, 11) is 0. The Morgan fingerprint density at radius 1 is 1.44 bits per heavy atom. The predicted molar refractivity (Wildman–Crippen MR) is 60.6 cm³/mol. The molecule has 2 aliphatic heterocycles. The van der Waals surface area contributed by atoms with Gasteiger partial charge in [-0.05, 0) is 19.9 Å². The van der Waals surface area contributed by atoms with Gasteiger partial charge >= 0.3 is 5.97 Å². The number of carbonyl (C=O) groups is 1. The van der Waals surface area contributed by atoms with Crippen LogP contribution in [0.5, 0.6) is 0 Å². The van der Waals surface area contributed by atoms with Crippen LogP contribution in [0.25, 0.3) is 6.08 Å². The Labute approximate surface area is 93.4 Å². The van der Waals surface area contributed by atoms with Crippen LogP contribution in [0, 0.1) is 0 Å². The summed E-state index contributed by atoms with van der Waals surface area (Å²) in [5.74, 6) is -0.839. The molecule has 0 radical (unpaired) electrons. The van der Waals surface area contributed by atoms with Gasteiger partial charge in [0.05, 0.1) is 0 Å². The summed E-state index contributed by atoms with van der Waals surface area (Å²) < 4.78 is 0.471. The van der Waals surface area contributed by atoms with E-state index in [1.807, 2.05) is 12.1 Å². The first kappa shape index (κ1) is 9.54. The van der Waals surface area contributed by atoms with Gasteiger partial charge in [0.1, 0.15) is 17.8 Å². The van der Waals surface area contributed by atoms with E-state index in [0.29, 0.717) is 22.3 Å². The first-order chi connectivity index (χ1) is 7.60. The average Bonchev–Trinajstić information content (AvgIpc) is 2.69.